The SMILES string of the molecule is C[C@H]1CN(C)c2ccccc2CN1C(=O)c1cc(Cl)[nH]c(=O)c1. The quantitative estimate of drug-likeness (QED) is 0.817. The van der Waals surface area contributed by atoms with E-state index in [1.807, 2.05) is 32.2 Å². The Bertz CT molecular complexity index is 802. The van der Waals surface area contributed by atoms with Gasteiger partial charge in [-0.2, -0.15) is 0 Å². The van der Waals surface area contributed by atoms with Gasteiger partial charge in [0.05, 0.1) is 0 Å². The molecule has 1 amide bonds. The zero-order chi connectivity index (χ0) is 16.6. The first-order chi connectivity index (χ1) is 11.0. The van der Waals surface area contributed by atoms with Gasteiger partial charge in [0.25, 0.3) is 5.91 Å². The fourth-order valence-corrected chi connectivity index (χ4v) is 3.23. The number of amides is 1. The van der Waals surface area contributed by atoms with Gasteiger partial charge in [0, 0.05) is 43.5 Å². The number of nitrogens with zero attached hydrogens (tertiary/aromatic N) is 2. The van der Waals surface area contributed by atoms with E-state index in [0.717, 1.165) is 17.8 Å². The molecule has 2 aromatic rings. The van der Waals surface area contributed by atoms with Crippen LogP contribution in [0.4, 0.5) is 5.69 Å². The summed E-state index contributed by atoms with van der Waals surface area (Å²) in [5.74, 6) is -0.185. The molecule has 1 aliphatic rings. The number of likely N-dealkylation sites (N-methyl/N-ethyl adjacent to an activating group) is 1. The van der Waals surface area contributed by atoms with Crippen LogP contribution in [0, 0.1) is 0 Å². The number of anilines is 1. The number of rotatable bonds is 1. The summed E-state index contributed by atoms with van der Waals surface area (Å²) in [7, 11) is 2.02. The van der Waals surface area contributed by atoms with E-state index in [9.17, 15) is 9.59 Å². The molecule has 5 nitrogen and oxygen atoms in total. The molecule has 1 atom stereocenters. The van der Waals surface area contributed by atoms with E-state index in [-0.39, 0.29) is 22.7 Å². The zero-order valence-corrected chi connectivity index (χ0v) is 13.8. The second-order valence-electron chi connectivity index (χ2n) is 5.87. The normalized spacial score (nSPS) is 17.6. The van der Waals surface area contributed by atoms with Crippen LogP contribution in [0.25, 0.3) is 0 Å². The highest BCUT2D eigenvalue weighted by Crippen LogP contribution is 2.27. The van der Waals surface area contributed by atoms with Crippen LogP contribution in [0.2, 0.25) is 5.15 Å². The third-order valence-electron chi connectivity index (χ3n) is 4.13. The van der Waals surface area contributed by atoms with Crippen molar-refractivity contribution < 1.29 is 4.79 Å². The molecule has 6 heteroatoms. The van der Waals surface area contributed by atoms with Crippen molar-refractivity contribution in [2.24, 2.45) is 0 Å². The van der Waals surface area contributed by atoms with Crippen molar-refractivity contribution in [1.82, 2.24) is 9.88 Å². The summed E-state index contributed by atoms with van der Waals surface area (Å²) >= 11 is 5.87. The summed E-state index contributed by atoms with van der Waals surface area (Å²) in [4.78, 5) is 30.8. The number of hydrogen-bond acceptors (Lipinski definition) is 3. The molecule has 0 fully saturated rings. The first kappa shape index (κ1) is 15.6. The van der Waals surface area contributed by atoms with Crippen LogP contribution in [0.1, 0.15) is 22.8 Å². The van der Waals surface area contributed by atoms with Gasteiger partial charge in [-0.15, -0.1) is 0 Å². The molecule has 1 aromatic heterocycles. The predicted molar refractivity (Wildman–Crippen MR) is 91.1 cm³/mol. The maximum Gasteiger partial charge on any atom is 0.254 e. The number of fused-ring (bicyclic) bond motifs is 1. The van der Waals surface area contributed by atoms with E-state index in [0.29, 0.717) is 12.1 Å². The Morgan fingerprint density at radius 2 is 2.04 bits per heavy atom. The number of carbonyl (C=O) groups excluding carboxylic acids is 1. The first-order valence-electron chi connectivity index (χ1n) is 7.45. The third kappa shape index (κ3) is 3.10. The highest BCUT2D eigenvalue weighted by atomic mass is 35.5. The van der Waals surface area contributed by atoms with Gasteiger partial charge in [-0.25, -0.2) is 0 Å². The molecular weight excluding hydrogens is 314 g/mol. The Hall–Kier alpha value is -2.27. The maximum atomic E-state index is 12.9. The number of pyridine rings is 1. The Labute approximate surface area is 139 Å². The fraction of sp³-hybridized carbons (Fsp3) is 0.294. The molecule has 0 unspecified atom stereocenters. The van der Waals surface area contributed by atoms with E-state index in [1.54, 1.807) is 4.90 Å². The molecule has 1 aliphatic heterocycles. The summed E-state index contributed by atoms with van der Waals surface area (Å²) < 4.78 is 0. The van der Waals surface area contributed by atoms with E-state index < -0.39 is 0 Å². The van der Waals surface area contributed by atoms with E-state index in [4.69, 9.17) is 11.6 Å². The Morgan fingerprint density at radius 3 is 2.78 bits per heavy atom. The van der Waals surface area contributed by atoms with E-state index in [1.165, 1.54) is 12.1 Å². The van der Waals surface area contributed by atoms with Crippen LogP contribution in [0.5, 0.6) is 0 Å². The standard InChI is InChI=1S/C17H18ClN3O2/c1-11-9-20(2)14-6-4-3-5-12(14)10-21(11)17(23)13-7-15(18)19-16(22)8-13/h3-8,11H,9-10H2,1-2H3,(H,19,22)/t11-/m0/s1. The lowest BCUT2D eigenvalue weighted by Crippen LogP contribution is -2.42. The van der Waals surface area contributed by atoms with Crippen molar-refractivity contribution in [2.45, 2.75) is 19.5 Å². The topological polar surface area (TPSA) is 56.4 Å². The second-order valence-corrected chi connectivity index (χ2v) is 6.28. The van der Waals surface area contributed by atoms with Gasteiger partial charge in [0.15, 0.2) is 0 Å². The van der Waals surface area contributed by atoms with E-state index >= 15 is 0 Å². The van der Waals surface area contributed by atoms with Crippen molar-refractivity contribution in [3.63, 3.8) is 0 Å². The molecule has 0 radical (unpaired) electrons. The third-order valence-corrected chi connectivity index (χ3v) is 4.34. The minimum atomic E-state index is -0.374. The van der Waals surface area contributed by atoms with Gasteiger partial charge in [0.2, 0.25) is 5.56 Å². The van der Waals surface area contributed by atoms with Crippen LogP contribution in [-0.4, -0.2) is 35.4 Å². The summed E-state index contributed by atoms with van der Waals surface area (Å²) in [6, 6.07) is 10.8. The number of para-hydroxylation sites is 1. The number of carbonyl (C=O) groups is 1. The number of hydrogen-bond donors (Lipinski definition) is 1. The van der Waals surface area contributed by atoms with Crippen LogP contribution in [-0.2, 0) is 6.54 Å². The lowest BCUT2D eigenvalue weighted by Gasteiger charge is -2.28. The summed E-state index contributed by atoms with van der Waals surface area (Å²) in [5.41, 5.74) is 2.15. The lowest BCUT2D eigenvalue weighted by molar-refractivity contribution is 0.0687. The second kappa shape index (κ2) is 6.08. The van der Waals surface area contributed by atoms with Gasteiger partial charge >= 0.3 is 0 Å². The summed E-state index contributed by atoms with van der Waals surface area (Å²) in [5, 5.41) is 0.167. The van der Waals surface area contributed by atoms with Gasteiger partial charge in [-0.3, -0.25) is 9.59 Å². The van der Waals surface area contributed by atoms with Gasteiger partial charge in [-0.1, -0.05) is 29.8 Å². The van der Waals surface area contributed by atoms with E-state index in [2.05, 4.69) is 16.0 Å². The number of aromatic amines is 1. The summed E-state index contributed by atoms with van der Waals surface area (Å²) in [6.45, 7) is 3.24. The minimum absolute atomic E-state index is 0.0120. The fourth-order valence-electron chi connectivity index (χ4n) is 3.02. The number of benzene rings is 1. The molecular formula is C17H18ClN3O2. The molecule has 0 bridgehead atoms. The molecule has 3 rings (SSSR count). The lowest BCUT2D eigenvalue weighted by atomic mass is 10.1. The average Bonchev–Trinajstić information content (AvgIpc) is 2.62. The number of halogens is 1. The van der Waals surface area contributed by atoms with Crippen LogP contribution in [0.3, 0.4) is 0 Å². The smallest absolute Gasteiger partial charge is 0.254 e. The summed E-state index contributed by atoms with van der Waals surface area (Å²) in [6.07, 6.45) is 0. The van der Waals surface area contributed by atoms with Crippen molar-refractivity contribution in [3.8, 4) is 0 Å². The predicted octanol–water partition coefficient (Wildman–Crippen LogP) is 2.51. The van der Waals surface area contributed by atoms with Crippen LogP contribution < -0.4 is 10.5 Å². The zero-order valence-electron chi connectivity index (χ0n) is 13.0. The molecule has 0 saturated carbocycles. The van der Waals surface area contributed by atoms with Crippen molar-refractivity contribution in [1.29, 1.82) is 0 Å². The van der Waals surface area contributed by atoms with Crippen LogP contribution in [0.15, 0.2) is 41.2 Å². The van der Waals surface area contributed by atoms with Crippen molar-refractivity contribution in [2.75, 3.05) is 18.5 Å². The monoisotopic (exact) mass is 331 g/mol. The number of H-pyrrole nitrogens is 1. The highest BCUT2D eigenvalue weighted by molar-refractivity contribution is 6.29. The van der Waals surface area contributed by atoms with Gasteiger partial charge in [0.1, 0.15) is 5.15 Å². The molecule has 1 N–H and O–H groups in total. The largest absolute Gasteiger partial charge is 0.372 e. The molecule has 0 aliphatic carbocycles. The van der Waals surface area contributed by atoms with Gasteiger partial charge < -0.3 is 14.8 Å². The Morgan fingerprint density at radius 1 is 1.30 bits per heavy atom. The molecule has 1 aromatic carbocycles. The molecule has 23 heavy (non-hydrogen) atoms. The first-order valence-corrected chi connectivity index (χ1v) is 7.83. The minimum Gasteiger partial charge on any atom is -0.372 e. The molecule has 0 saturated heterocycles. The van der Waals surface area contributed by atoms with Gasteiger partial charge in [-0.05, 0) is 24.6 Å². The van der Waals surface area contributed by atoms with Crippen molar-refractivity contribution in [3.05, 3.63) is 63.0 Å². The average molecular weight is 332 g/mol. The number of aromatic nitrogens is 1. The molecule has 0 spiro atoms. The van der Waals surface area contributed by atoms with Crippen molar-refractivity contribution >= 4 is 23.2 Å². The highest BCUT2D eigenvalue weighted by Gasteiger charge is 2.27. The molecule has 120 valence electrons. The van der Waals surface area contributed by atoms with Crippen LogP contribution >= 0.6 is 11.6 Å². The number of nitrogens with one attached hydrogen (secondary N) is 1. The Kier molecular flexibility index (Phi) is 4.13. The molecule has 2 heterocycles. The Balaban J connectivity index is 1.98. The maximum absolute atomic E-state index is 12.9.